The molecular weight excluding hydrogens is 364 g/mol. The molecule has 5 heteroatoms. The van der Waals surface area contributed by atoms with Crippen molar-refractivity contribution < 1.29 is 14.3 Å². The van der Waals surface area contributed by atoms with Gasteiger partial charge in [0, 0.05) is 25.3 Å². The van der Waals surface area contributed by atoms with Crippen LogP contribution in [-0.2, 0) is 10.2 Å². The molecule has 1 saturated carbocycles. The summed E-state index contributed by atoms with van der Waals surface area (Å²) in [4.78, 5) is 15.6. The van der Waals surface area contributed by atoms with E-state index in [0.29, 0.717) is 19.8 Å². The Morgan fingerprint density at radius 3 is 2.48 bits per heavy atom. The first-order valence-corrected chi connectivity index (χ1v) is 10.6. The van der Waals surface area contributed by atoms with E-state index in [0.717, 1.165) is 48.4 Å². The minimum absolute atomic E-state index is 0.125. The molecule has 4 rings (SSSR count). The van der Waals surface area contributed by atoms with E-state index in [1.807, 2.05) is 36.4 Å². The molecule has 1 atom stereocenters. The molecule has 1 fully saturated rings. The molecule has 2 aromatic rings. The number of nitrogens with zero attached hydrogens (tertiary/aromatic N) is 1. The Balaban J connectivity index is 1.48. The average Bonchev–Trinajstić information content (AvgIpc) is 3.28. The van der Waals surface area contributed by atoms with Crippen LogP contribution in [0.2, 0.25) is 0 Å². The first-order valence-electron chi connectivity index (χ1n) is 10.6. The lowest BCUT2D eigenvalue weighted by molar-refractivity contribution is -0.126. The molecule has 0 bridgehead atoms. The largest absolute Gasteiger partial charge is 0.486 e. The molecular formula is C24H30N2O3. The molecule has 1 amide bonds. The highest BCUT2D eigenvalue weighted by Gasteiger charge is 2.43. The third-order valence-electron chi connectivity index (χ3n) is 6.37. The zero-order valence-corrected chi connectivity index (χ0v) is 17.3. The topological polar surface area (TPSA) is 50.8 Å². The smallest absolute Gasteiger partial charge is 0.230 e. The highest BCUT2D eigenvalue weighted by molar-refractivity contribution is 5.89. The van der Waals surface area contributed by atoms with Crippen LogP contribution in [-0.4, -0.2) is 38.8 Å². The van der Waals surface area contributed by atoms with Gasteiger partial charge in [-0.3, -0.25) is 4.79 Å². The third kappa shape index (κ3) is 3.91. The Morgan fingerprint density at radius 2 is 1.76 bits per heavy atom. The van der Waals surface area contributed by atoms with E-state index in [2.05, 4.69) is 36.3 Å². The number of amides is 1. The van der Waals surface area contributed by atoms with Crippen molar-refractivity contribution in [3.8, 4) is 11.5 Å². The maximum Gasteiger partial charge on any atom is 0.230 e. The quantitative estimate of drug-likeness (QED) is 0.807. The molecule has 0 unspecified atom stereocenters. The van der Waals surface area contributed by atoms with Crippen LogP contribution in [0.15, 0.2) is 48.5 Å². The standard InChI is InChI=1S/C24H30N2O3/c1-18(26(2)20-8-4-3-5-9-20)17-25-23(27)24(12-6-7-13-24)19-10-11-21-22(16-19)29-15-14-28-21/h3-5,8-11,16,18H,6-7,12-15,17H2,1-2H3,(H,25,27)/t18-/m0/s1. The fraction of sp³-hybridized carbons (Fsp3) is 0.458. The highest BCUT2D eigenvalue weighted by Crippen LogP contribution is 2.44. The molecule has 2 aliphatic rings. The van der Waals surface area contributed by atoms with Crippen LogP contribution in [0.4, 0.5) is 5.69 Å². The van der Waals surface area contributed by atoms with Crippen molar-refractivity contribution in [2.75, 3.05) is 31.7 Å². The van der Waals surface area contributed by atoms with Crippen LogP contribution in [0.25, 0.3) is 0 Å². The Labute approximate surface area is 173 Å². The molecule has 0 spiro atoms. The Morgan fingerprint density at radius 1 is 1.07 bits per heavy atom. The zero-order valence-electron chi connectivity index (χ0n) is 17.3. The van der Waals surface area contributed by atoms with Crippen LogP contribution >= 0.6 is 0 Å². The minimum Gasteiger partial charge on any atom is -0.486 e. The predicted molar refractivity (Wildman–Crippen MR) is 115 cm³/mol. The van der Waals surface area contributed by atoms with Crippen molar-refractivity contribution in [1.29, 1.82) is 0 Å². The maximum absolute atomic E-state index is 13.4. The number of anilines is 1. The summed E-state index contributed by atoms with van der Waals surface area (Å²) < 4.78 is 11.4. The molecule has 0 radical (unpaired) electrons. The SMILES string of the molecule is C[C@@H](CNC(=O)C1(c2ccc3c(c2)OCCO3)CCCC1)N(C)c1ccccc1. The second-order valence-corrected chi connectivity index (χ2v) is 8.15. The molecule has 5 nitrogen and oxygen atoms in total. The number of hydrogen-bond acceptors (Lipinski definition) is 4. The Kier molecular flexibility index (Phi) is 5.65. The lowest BCUT2D eigenvalue weighted by Crippen LogP contribution is -2.47. The summed E-state index contributed by atoms with van der Waals surface area (Å²) >= 11 is 0. The fourth-order valence-corrected chi connectivity index (χ4v) is 4.43. The summed E-state index contributed by atoms with van der Waals surface area (Å²) in [5, 5.41) is 3.24. The lowest BCUT2D eigenvalue weighted by Gasteiger charge is -2.32. The summed E-state index contributed by atoms with van der Waals surface area (Å²) in [5.74, 6) is 1.65. The van der Waals surface area contributed by atoms with Gasteiger partial charge in [-0.15, -0.1) is 0 Å². The van der Waals surface area contributed by atoms with Crippen LogP contribution in [0.5, 0.6) is 11.5 Å². The van der Waals surface area contributed by atoms with E-state index < -0.39 is 5.41 Å². The number of carbonyl (C=O) groups is 1. The number of para-hydroxylation sites is 1. The molecule has 29 heavy (non-hydrogen) atoms. The van der Waals surface area contributed by atoms with Gasteiger partial charge in [-0.05, 0) is 49.6 Å². The van der Waals surface area contributed by atoms with Crippen LogP contribution < -0.4 is 19.7 Å². The van der Waals surface area contributed by atoms with E-state index in [1.54, 1.807) is 0 Å². The molecule has 1 heterocycles. The van der Waals surface area contributed by atoms with E-state index in [4.69, 9.17) is 9.47 Å². The number of nitrogens with one attached hydrogen (secondary N) is 1. The highest BCUT2D eigenvalue weighted by atomic mass is 16.6. The van der Waals surface area contributed by atoms with Gasteiger partial charge in [0.15, 0.2) is 11.5 Å². The van der Waals surface area contributed by atoms with E-state index in [-0.39, 0.29) is 11.9 Å². The van der Waals surface area contributed by atoms with Crippen molar-refractivity contribution in [1.82, 2.24) is 5.32 Å². The number of fused-ring (bicyclic) bond motifs is 1. The number of benzene rings is 2. The van der Waals surface area contributed by atoms with Crippen LogP contribution in [0, 0.1) is 0 Å². The Bertz CT molecular complexity index is 846. The van der Waals surface area contributed by atoms with E-state index >= 15 is 0 Å². The Hall–Kier alpha value is -2.69. The average molecular weight is 395 g/mol. The summed E-state index contributed by atoms with van der Waals surface area (Å²) in [6.07, 6.45) is 3.89. The number of ether oxygens (including phenoxy) is 2. The van der Waals surface area contributed by atoms with Gasteiger partial charge in [0.05, 0.1) is 5.41 Å². The minimum atomic E-state index is -0.471. The first kappa shape index (κ1) is 19.6. The molecule has 0 aromatic heterocycles. The molecule has 1 aliphatic heterocycles. The van der Waals surface area contributed by atoms with Gasteiger partial charge in [0.1, 0.15) is 13.2 Å². The van der Waals surface area contributed by atoms with Crippen molar-refractivity contribution in [2.45, 2.75) is 44.1 Å². The summed E-state index contributed by atoms with van der Waals surface area (Å²) in [7, 11) is 2.07. The summed E-state index contributed by atoms with van der Waals surface area (Å²) in [6.45, 7) is 3.87. The van der Waals surface area contributed by atoms with Crippen molar-refractivity contribution in [3.63, 3.8) is 0 Å². The van der Waals surface area contributed by atoms with E-state index in [1.165, 1.54) is 0 Å². The normalized spacial score (nSPS) is 18.1. The number of likely N-dealkylation sites (N-methyl/N-ethyl adjacent to an activating group) is 1. The monoisotopic (exact) mass is 394 g/mol. The molecule has 154 valence electrons. The van der Waals surface area contributed by atoms with Crippen molar-refractivity contribution in [2.24, 2.45) is 0 Å². The second kappa shape index (κ2) is 8.36. The van der Waals surface area contributed by atoms with Gasteiger partial charge in [0.2, 0.25) is 5.91 Å². The zero-order chi connectivity index (χ0) is 20.3. The van der Waals surface area contributed by atoms with Crippen LogP contribution in [0.1, 0.15) is 38.2 Å². The third-order valence-corrected chi connectivity index (χ3v) is 6.37. The number of carbonyl (C=O) groups excluding carboxylic acids is 1. The molecule has 1 aliphatic carbocycles. The number of rotatable bonds is 6. The second-order valence-electron chi connectivity index (χ2n) is 8.15. The van der Waals surface area contributed by atoms with Gasteiger partial charge in [0.25, 0.3) is 0 Å². The lowest BCUT2D eigenvalue weighted by atomic mass is 9.77. The number of hydrogen-bond donors (Lipinski definition) is 1. The molecule has 0 saturated heterocycles. The molecule has 2 aromatic carbocycles. The first-order chi connectivity index (χ1) is 14.1. The van der Waals surface area contributed by atoms with Gasteiger partial charge in [-0.1, -0.05) is 37.1 Å². The van der Waals surface area contributed by atoms with Gasteiger partial charge < -0.3 is 19.7 Å². The van der Waals surface area contributed by atoms with Gasteiger partial charge in [-0.25, -0.2) is 0 Å². The summed E-state index contributed by atoms with van der Waals surface area (Å²) in [6, 6.07) is 16.5. The summed E-state index contributed by atoms with van der Waals surface area (Å²) in [5.41, 5.74) is 1.72. The fourth-order valence-electron chi connectivity index (χ4n) is 4.43. The van der Waals surface area contributed by atoms with E-state index in [9.17, 15) is 4.79 Å². The van der Waals surface area contributed by atoms with Crippen molar-refractivity contribution in [3.05, 3.63) is 54.1 Å². The predicted octanol–water partition coefficient (Wildman–Crippen LogP) is 3.91. The maximum atomic E-state index is 13.4. The van der Waals surface area contributed by atoms with Crippen LogP contribution in [0.3, 0.4) is 0 Å². The van der Waals surface area contributed by atoms with Gasteiger partial charge in [-0.2, -0.15) is 0 Å². The van der Waals surface area contributed by atoms with Gasteiger partial charge >= 0.3 is 0 Å². The van der Waals surface area contributed by atoms with Crippen molar-refractivity contribution >= 4 is 11.6 Å². The molecule has 1 N–H and O–H groups in total.